The molecule has 1 aliphatic heterocycles. The SMILES string of the molecule is CC(C)(C)[C@H](NC(=O)OC1CCOC1)C(=O)O. The molecule has 0 spiro atoms. The lowest BCUT2D eigenvalue weighted by Crippen LogP contribution is -2.49. The molecule has 2 N–H and O–H groups in total. The Balaban J connectivity index is 2.49. The molecule has 1 fully saturated rings. The summed E-state index contributed by atoms with van der Waals surface area (Å²) in [5, 5.41) is 11.4. The number of amides is 1. The topological polar surface area (TPSA) is 84.9 Å². The maximum atomic E-state index is 11.5. The van der Waals surface area contributed by atoms with E-state index in [1.165, 1.54) is 0 Å². The zero-order chi connectivity index (χ0) is 13.1. The molecule has 0 aliphatic carbocycles. The number of rotatable bonds is 3. The number of ether oxygens (including phenoxy) is 2. The van der Waals surface area contributed by atoms with Crippen molar-refractivity contribution in [3.8, 4) is 0 Å². The van der Waals surface area contributed by atoms with Crippen molar-refractivity contribution in [3.05, 3.63) is 0 Å². The third-order valence-electron chi connectivity index (χ3n) is 2.54. The molecule has 1 heterocycles. The van der Waals surface area contributed by atoms with Crippen LogP contribution >= 0.6 is 0 Å². The second kappa shape index (κ2) is 5.35. The van der Waals surface area contributed by atoms with Crippen molar-refractivity contribution >= 4 is 12.1 Å². The van der Waals surface area contributed by atoms with Crippen LogP contribution in [0.4, 0.5) is 4.79 Å². The van der Waals surface area contributed by atoms with Crippen LogP contribution in [0.2, 0.25) is 0 Å². The summed E-state index contributed by atoms with van der Waals surface area (Å²) in [6.45, 7) is 6.17. The Kier molecular flexibility index (Phi) is 4.34. The van der Waals surface area contributed by atoms with E-state index in [0.29, 0.717) is 19.6 Å². The van der Waals surface area contributed by atoms with Crippen LogP contribution in [0.25, 0.3) is 0 Å². The monoisotopic (exact) mass is 245 g/mol. The molecular formula is C11H19NO5. The summed E-state index contributed by atoms with van der Waals surface area (Å²) in [5.41, 5.74) is -0.572. The Bertz CT molecular complexity index is 291. The van der Waals surface area contributed by atoms with Crippen LogP contribution in [0.3, 0.4) is 0 Å². The number of carbonyl (C=O) groups excluding carboxylic acids is 1. The van der Waals surface area contributed by atoms with E-state index in [9.17, 15) is 9.59 Å². The van der Waals surface area contributed by atoms with Crippen LogP contribution in [0.15, 0.2) is 0 Å². The lowest BCUT2D eigenvalue weighted by Gasteiger charge is -2.27. The van der Waals surface area contributed by atoms with E-state index in [1.54, 1.807) is 20.8 Å². The number of alkyl carbamates (subject to hydrolysis) is 1. The molecule has 1 rings (SSSR count). The zero-order valence-electron chi connectivity index (χ0n) is 10.4. The van der Waals surface area contributed by atoms with Crippen molar-refractivity contribution in [2.75, 3.05) is 13.2 Å². The third-order valence-corrected chi connectivity index (χ3v) is 2.54. The highest BCUT2D eigenvalue weighted by molar-refractivity contribution is 5.80. The van der Waals surface area contributed by atoms with E-state index >= 15 is 0 Å². The first kappa shape index (κ1) is 13.8. The average molecular weight is 245 g/mol. The summed E-state index contributed by atoms with van der Waals surface area (Å²) in [7, 11) is 0. The van der Waals surface area contributed by atoms with E-state index in [-0.39, 0.29) is 6.10 Å². The fourth-order valence-corrected chi connectivity index (χ4v) is 1.56. The zero-order valence-corrected chi connectivity index (χ0v) is 10.4. The summed E-state index contributed by atoms with van der Waals surface area (Å²) in [6, 6.07) is -0.975. The van der Waals surface area contributed by atoms with Gasteiger partial charge in [0.2, 0.25) is 0 Å². The van der Waals surface area contributed by atoms with E-state index in [0.717, 1.165) is 0 Å². The highest BCUT2D eigenvalue weighted by Gasteiger charge is 2.33. The number of carbonyl (C=O) groups is 2. The van der Waals surface area contributed by atoms with Gasteiger partial charge in [0.15, 0.2) is 0 Å². The van der Waals surface area contributed by atoms with Crippen LogP contribution in [0.5, 0.6) is 0 Å². The van der Waals surface area contributed by atoms with Crippen molar-refractivity contribution in [1.29, 1.82) is 0 Å². The maximum absolute atomic E-state index is 11.5. The summed E-state index contributed by atoms with van der Waals surface area (Å²) in [6.07, 6.45) is -0.326. The van der Waals surface area contributed by atoms with Gasteiger partial charge in [0.1, 0.15) is 12.1 Å². The van der Waals surface area contributed by atoms with Crippen LogP contribution in [-0.2, 0) is 14.3 Å². The Hall–Kier alpha value is -1.30. The Morgan fingerprint density at radius 1 is 1.47 bits per heavy atom. The first-order chi connectivity index (χ1) is 7.80. The van der Waals surface area contributed by atoms with Gasteiger partial charge < -0.3 is 19.9 Å². The number of carboxylic acids is 1. The van der Waals surface area contributed by atoms with Gasteiger partial charge in [-0.2, -0.15) is 0 Å². The minimum Gasteiger partial charge on any atom is -0.480 e. The fraction of sp³-hybridized carbons (Fsp3) is 0.818. The van der Waals surface area contributed by atoms with E-state index in [2.05, 4.69) is 5.32 Å². The molecule has 6 heteroatoms. The van der Waals surface area contributed by atoms with Gasteiger partial charge in [-0.3, -0.25) is 0 Å². The summed E-state index contributed by atoms with van der Waals surface area (Å²) >= 11 is 0. The van der Waals surface area contributed by atoms with Crippen molar-refractivity contribution in [2.24, 2.45) is 5.41 Å². The summed E-state index contributed by atoms with van der Waals surface area (Å²) in [5.74, 6) is -1.07. The fourth-order valence-electron chi connectivity index (χ4n) is 1.56. The number of nitrogens with one attached hydrogen (secondary N) is 1. The molecule has 0 aromatic carbocycles. The molecule has 1 saturated heterocycles. The molecule has 1 aliphatic rings. The molecular weight excluding hydrogens is 226 g/mol. The van der Waals surface area contributed by atoms with E-state index in [1.807, 2.05) is 0 Å². The maximum Gasteiger partial charge on any atom is 0.408 e. The normalized spacial score (nSPS) is 21.9. The van der Waals surface area contributed by atoms with Gasteiger partial charge in [0.25, 0.3) is 0 Å². The minimum absolute atomic E-state index is 0.274. The molecule has 0 aromatic rings. The minimum atomic E-state index is -1.07. The Labute approximate surface area is 100 Å². The second-order valence-corrected chi connectivity index (χ2v) is 5.17. The van der Waals surface area contributed by atoms with E-state index < -0.39 is 23.5 Å². The van der Waals surface area contributed by atoms with E-state index in [4.69, 9.17) is 14.6 Å². The molecule has 1 unspecified atom stereocenters. The summed E-state index contributed by atoms with van der Waals surface area (Å²) < 4.78 is 10.1. The Morgan fingerprint density at radius 3 is 2.53 bits per heavy atom. The van der Waals surface area contributed by atoms with Crippen molar-refractivity contribution in [2.45, 2.75) is 39.3 Å². The standard InChI is InChI=1S/C11H19NO5/c1-11(2,3)8(9(13)14)12-10(15)17-7-4-5-16-6-7/h7-8H,4-6H2,1-3H3,(H,12,15)(H,13,14)/t7?,8-/m1/s1. The predicted molar refractivity (Wildman–Crippen MR) is 59.7 cm³/mol. The van der Waals surface area contributed by atoms with Gasteiger partial charge >= 0.3 is 12.1 Å². The van der Waals surface area contributed by atoms with Crippen LogP contribution < -0.4 is 5.32 Å². The van der Waals surface area contributed by atoms with Crippen molar-refractivity contribution < 1.29 is 24.2 Å². The Morgan fingerprint density at radius 2 is 2.12 bits per heavy atom. The summed E-state index contributed by atoms with van der Waals surface area (Å²) in [4.78, 5) is 22.5. The smallest absolute Gasteiger partial charge is 0.408 e. The average Bonchev–Trinajstić information content (AvgIpc) is 2.64. The van der Waals surface area contributed by atoms with Crippen LogP contribution in [0.1, 0.15) is 27.2 Å². The molecule has 6 nitrogen and oxygen atoms in total. The molecule has 1 amide bonds. The molecule has 2 atom stereocenters. The van der Waals surface area contributed by atoms with Gasteiger partial charge in [-0.1, -0.05) is 20.8 Å². The second-order valence-electron chi connectivity index (χ2n) is 5.17. The van der Waals surface area contributed by atoms with Gasteiger partial charge in [-0.25, -0.2) is 9.59 Å². The van der Waals surface area contributed by atoms with Crippen molar-refractivity contribution in [3.63, 3.8) is 0 Å². The van der Waals surface area contributed by atoms with Gasteiger partial charge in [0, 0.05) is 6.42 Å². The highest BCUT2D eigenvalue weighted by atomic mass is 16.6. The number of hydrogen-bond donors (Lipinski definition) is 2. The van der Waals surface area contributed by atoms with Crippen LogP contribution in [0, 0.1) is 5.41 Å². The van der Waals surface area contributed by atoms with Gasteiger partial charge in [0.05, 0.1) is 13.2 Å². The van der Waals surface area contributed by atoms with Crippen LogP contribution in [-0.4, -0.2) is 42.5 Å². The quantitative estimate of drug-likeness (QED) is 0.774. The first-order valence-corrected chi connectivity index (χ1v) is 5.58. The first-order valence-electron chi connectivity index (χ1n) is 5.58. The molecule has 0 radical (unpaired) electrons. The lowest BCUT2D eigenvalue weighted by molar-refractivity contribution is -0.142. The molecule has 0 aromatic heterocycles. The predicted octanol–water partition coefficient (Wildman–Crippen LogP) is 1.00. The number of aliphatic carboxylic acids is 1. The van der Waals surface area contributed by atoms with Gasteiger partial charge in [-0.15, -0.1) is 0 Å². The molecule has 0 bridgehead atoms. The largest absolute Gasteiger partial charge is 0.480 e. The van der Waals surface area contributed by atoms with Crippen molar-refractivity contribution in [1.82, 2.24) is 5.32 Å². The number of carboxylic acid groups (broad SMARTS) is 1. The molecule has 17 heavy (non-hydrogen) atoms. The lowest BCUT2D eigenvalue weighted by atomic mass is 9.87. The molecule has 0 saturated carbocycles. The highest BCUT2D eigenvalue weighted by Crippen LogP contribution is 2.19. The third kappa shape index (κ3) is 4.22. The number of hydrogen-bond acceptors (Lipinski definition) is 4. The van der Waals surface area contributed by atoms with Gasteiger partial charge in [-0.05, 0) is 5.41 Å². The molecule has 98 valence electrons.